The summed E-state index contributed by atoms with van der Waals surface area (Å²) in [6, 6.07) is 10.7. The Labute approximate surface area is 275 Å². The van der Waals surface area contributed by atoms with Crippen LogP contribution in [0.1, 0.15) is 54.6 Å². The normalized spacial score (nSPS) is 24.2. The molecule has 2 saturated heterocycles. The average molecular weight is 672 g/mol. The fourth-order valence-corrected chi connectivity index (χ4v) is 7.81. The summed E-state index contributed by atoms with van der Waals surface area (Å²) < 4.78 is 26.7. The molecule has 1 aromatic heterocycles. The third-order valence-corrected chi connectivity index (χ3v) is 9.71. The molecule has 3 aromatic rings. The van der Waals surface area contributed by atoms with Crippen molar-refractivity contribution in [3.05, 3.63) is 81.2 Å². The van der Waals surface area contributed by atoms with Crippen LogP contribution < -0.4 is 14.5 Å². The third-order valence-electron chi connectivity index (χ3n) is 9.21. The molecule has 0 bridgehead atoms. The van der Waals surface area contributed by atoms with Gasteiger partial charge < -0.3 is 14.6 Å². The number of carbonyl (C=O) groups excluding carboxylic acids is 3. The smallest absolute Gasteiger partial charge is 0.337 e. The van der Waals surface area contributed by atoms with Crippen molar-refractivity contribution in [1.82, 2.24) is 9.88 Å². The van der Waals surface area contributed by atoms with Crippen molar-refractivity contribution in [2.75, 3.05) is 37.4 Å². The second kappa shape index (κ2) is 11.5. The highest BCUT2D eigenvalue weighted by molar-refractivity contribution is 6.31. The van der Waals surface area contributed by atoms with Crippen LogP contribution in [0, 0.1) is 11.2 Å². The number of anilines is 2. The molecule has 2 amide bonds. The molecule has 10 nitrogen and oxygen atoms in total. The van der Waals surface area contributed by atoms with Gasteiger partial charge in [-0.2, -0.15) is 0 Å². The van der Waals surface area contributed by atoms with Gasteiger partial charge in [0, 0.05) is 17.5 Å². The fourth-order valence-electron chi connectivity index (χ4n) is 7.48. The van der Waals surface area contributed by atoms with E-state index in [1.807, 2.05) is 25.7 Å². The zero-order valence-corrected chi connectivity index (χ0v) is 27.4. The lowest BCUT2D eigenvalue weighted by molar-refractivity contribution is -0.125. The van der Waals surface area contributed by atoms with Crippen LogP contribution in [0.15, 0.2) is 48.5 Å². The molecule has 3 aliphatic heterocycles. The molecule has 4 heterocycles. The zero-order chi connectivity index (χ0) is 33.3. The fraction of sp³-hybridized carbons (Fsp3) is 0.394. The number of benzene rings is 2. The Morgan fingerprint density at radius 1 is 1.13 bits per heavy atom. The molecule has 0 saturated carbocycles. The predicted octanol–water partition coefficient (Wildman–Crippen LogP) is 5.13. The number of aromatic nitrogens is 1. The van der Waals surface area contributed by atoms with E-state index in [2.05, 4.69) is 4.98 Å². The van der Waals surface area contributed by atoms with Crippen LogP contribution in [0.5, 0.6) is 5.75 Å². The SMILES string of the molecule is COC(=O)c1ccc(N2CN3[C@@H](CC(C)(C)C)C4(C(=O)N(CO)c5nc(Cl)ccc54)[C@@H](c4cccc(Cl)c4F)[C@@H]3C2=O)c(OC)c1. The van der Waals surface area contributed by atoms with Crippen LogP contribution in [0.25, 0.3) is 0 Å². The predicted molar refractivity (Wildman–Crippen MR) is 170 cm³/mol. The summed E-state index contributed by atoms with van der Waals surface area (Å²) in [6.45, 7) is 5.41. The van der Waals surface area contributed by atoms with E-state index in [0.29, 0.717) is 17.7 Å². The average Bonchev–Trinajstić information content (AvgIpc) is 3.58. The molecule has 13 heteroatoms. The first-order valence-electron chi connectivity index (χ1n) is 14.7. The van der Waals surface area contributed by atoms with Crippen molar-refractivity contribution in [2.24, 2.45) is 5.41 Å². The standard InChI is InChI=1S/C33H33Cl2FN4O6/c1-32(2,3)14-23-33(19-10-12-24(35)37-28(19)40(16-41)31(33)44)25(18-7-6-8-20(34)26(18)36)27-29(42)38(15-39(23)27)21-11-9-17(30(43)46-5)13-22(21)45-4/h6-13,23,25,27,41H,14-16H2,1-5H3/t23-,25-,27+,33?/m0/s1. The van der Waals surface area contributed by atoms with Gasteiger partial charge in [0.05, 0.1) is 43.2 Å². The van der Waals surface area contributed by atoms with E-state index < -0.39 is 53.7 Å². The number of amides is 2. The summed E-state index contributed by atoms with van der Waals surface area (Å²) in [5, 5.41) is 10.4. The minimum Gasteiger partial charge on any atom is -0.495 e. The number of esters is 1. The number of aliphatic hydroxyl groups excluding tert-OH is 1. The Balaban J connectivity index is 1.61. The molecule has 6 rings (SSSR count). The van der Waals surface area contributed by atoms with E-state index >= 15 is 4.39 Å². The summed E-state index contributed by atoms with van der Waals surface area (Å²) >= 11 is 12.6. The van der Waals surface area contributed by atoms with Crippen molar-refractivity contribution in [3.63, 3.8) is 0 Å². The van der Waals surface area contributed by atoms with Gasteiger partial charge in [-0.1, -0.05) is 62.2 Å². The van der Waals surface area contributed by atoms with Gasteiger partial charge in [0.25, 0.3) is 0 Å². The second-order valence-corrected chi connectivity index (χ2v) is 13.7. The second-order valence-electron chi connectivity index (χ2n) is 12.9. The minimum atomic E-state index is -1.54. The summed E-state index contributed by atoms with van der Waals surface area (Å²) in [7, 11) is 2.70. The molecule has 0 radical (unpaired) electrons. The van der Waals surface area contributed by atoms with E-state index in [1.54, 1.807) is 30.3 Å². The number of rotatable bonds is 6. The topological polar surface area (TPSA) is 113 Å². The largest absolute Gasteiger partial charge is 0.495 e. The molecule has 1 N–H and O–H groups in total. The number of methoxy groups -OCH3 is 2. The number of aliphatic hydroxyl groups is 1. The first-order chi connectivity index (χ1) is 21.8. The van der Waals surface area contributed by atoms with E-state index in [-0.39, 0.29) is 45.0 Å². The maximum absolute atomic E-state index is 16.2. The maximum Gasteiger partial charge on any atom is 0.337 e. The Kier molecular flexibility index (Phi) is 8.03. The third kappa shape index (κ3) is 4.66. The van der Waals surface area contributed by atoms with Gasteiger partial charge >= 0.3 is 5.97 Å². The summed E-state index contributed by atoms with van der Waals surface area (Å²) in [4.78, 5) is 50.9. The lowest BCUT2D eigenvalue weighted by Gasteiger charge is -2.40. The van der Waals surface area contributed by atoms with Crippen LogP contribution in [0.2, 0.25) is 10.2 Å². The Bertz CT molecular complexity index is 1770. The Hall–Kier alpha value is -3.77. The highest BCUT2D eigenvalue weighted by Gasteiger charge is 2.73. The van der Waals surface area contributed by atoms with Gasteiger partial charge in [0.15, 0.2) is 0 Å². The van der Waals surface area contributed by atoms with Gasteiger partial charge in [0.2, 0.25) is 11.8 Å². The van der Waals surface area contributed by atoms with Gasteiger partial charge in [-0.25, -0.2) is 14.2 Å². The summed E-state index contributed by atoms with van der Waals surface area (Å²) in [5.41, 5.74) is -0.735. The monoisotopic (exact) mass is 670 g/mol. The van der Waals surface area contributed by atoms with E-state index in [0.717, 1.165) is 4.90 Å². The number of hydrogen-bond donors (Lipinski definition) is 1. The number of pyridine rings is 1. The maximum atomic E-state index is 16.2. The van der Waals surface area contributed by atoms with E-state index in [4.69, 9.17) is 32.7 Å². The number of ether oxygens (including phenoxy) is 2. The van der Waals surface area contributed by atoms with Crippen molar-refractivity contribution in [3.8, 4) is 5.75 Å². The molecule has 242 valence electrons. The first-order valence-corrected chi connectivity index (χ1v) is 15.4. The number of halogens is 3. The Morgan fingerprint density at radius 3 is 2.52 bits per heavy atom. The van der Waals surface area contributed by atoms with Crippen LogP contribution in [0.3, 0.4) is 0 Å². The molecule has 46 heavy (non-hydrogen) atoms. The molecular formula is C33H33Cl2FN4O6. The molecule has 2 aromatic carbocycles. The van der Waals surface area contributed by atoms with Crippen molar-refractivity contribution in [2.45, 2.75) is 50.6 Å². The van der Waals surface area contributed by atoms with Crippen LogP contribution in [-0.2, 0) is 19.7 Å². The number of fused-ring (bicyclic) bond motifs is 3. The molecule has 4 atom stereocenters. The molecular weight excluding hydrogens is 638 g/mol. The Morgan fingerprint density at radius 2 is 1.87 bits per heavy atom. The molecule has 0 aliphatic carbocycles. The number of nitrogens with zero attached hydrogens (tertiary/aromatic N) is 4. The van der Waals surface area contributed by atoms with Crippen molar-refractivity contribution >= 4 is 52.5 Å². The minimum absolute atomic E-state index is 0.0291. The molecule has 1 unspecified atom stereocenters. The first kappa shape index (κ1) is 32.2. The van der Waals surface area contributed by atoms with Gasteiger partial charge in [-0.05, 0) is 47.7 Å². The zero-order valence-electron chi connectivity index (χ0n) is 25.9. The van der Waals surface area contributed by atoms with E-state index in [9.17, 15) is 19.5 Å². The highest BCUT2D eigenvalue weighted by atomic mass is 35.5. The molecule has 3 aliphatic rings. The highest BCUT2D eigenvalue weighted by Crippen LogP contribution is 2.62. The van der Waals surface area contributed by atoms with Crippen molar-refractivity contribution in [1.29, 1.82) is 0 Å². The molecule has 2 fully saturated rings. The van der Waals surface area contributed by atoms with Gasteiger partial charge in [-0.15, -0.1) is 0 Å². The van der Waals surface area contributed by atoms with Gasteiger partial charge in [-0.3, -0.25) is 24.3 Å². The van der Waals surface area contributed by atoms with Gasteiger partial charge in [0.1, 0.15) is 34.7 Å². The quantitative estimate of drug-likeness (QED) is 0.284. The number of hydrogen-bond acceptors (Lipinski definition) is 8. The van der Waals surface area contributed by atoms with Crippen LogP contribution >= 0.6 is 23.2 Å². The lowest BCUT2D eigenvalue weighted by Crippen LogP contribution is -2.54. The summed E-state index contributed by atoms with van der Waals surface area (Å²) in [5.74, 6) is -2.87. The van der Waals surface area contributed by atoms with E-state index in [1.165, 1.54) is 37.3 Å². The number of carbonyl (C=O) groups is 3. The van der Waals surface area contributed by atoms with Crippen LogP contribution in [0.4, 0.5) is 15.9 Å². The lowest BCUT2D eigenvalue weighted by atomic mass is 9.62. The molecule has 1 spiro atoms. The van der Waals surface area contributed by atoms with Crippen molar-refractivity contribution < 1.29 is 33.4 Å². The van der Waals surface area contributed by atoms with Crippen LogP contribution in [-0.4, -0.2) is 72.5 Å². The summed E-state index contributed by atoms with van der Waals surface area (Å²) in [6.07, 6.45) is 0.412.